The second-order valence-corrected chi connectivity index (χ2v) is 6.69. The van der Waals surface area contributed by atoms with Crippen LogP contribution in [-0.2, 0) is 12.8 Å². The highest BCUT2D eigenvalue weighted by atomic mass is 16.5. The van der Waals surface area contributed by atoms with Gasteiger partial charge in [-0.25, -0.2) is 4.79 Å². The first-order chi connectivity index (χ1) is 13.0. The van der Waals surface area contributed by atoms with Crippen molar-refractivity contribution < 1.29 is 14.6 Å². The third-order valence-corrected chi connectivity index (χ3v) is 4.51. The number of urea groups is 1. The van der Waals surface area contributed by atoms with E-state index >= 15 is 0 Å². The number of likely N-dealkylation sites (N-methyl/N-ethyl adjacent to an activating group) is 1. The Kier molecular flexibility index (Phi) is 7.95. The van der Waals surface area contributed by atoms with Gasteiger partial charge in [-0.15, -0.1) is 0 Å². The van der Waals surface area contributed by atoms with Crippen molar-refractivity contribution >= 4 is 6.03 Å². The van der Waals surface area contributed by atoms with E-state index in [1.807, 2.05) is 50.5 Å². The average molecular weight is 371 g/mol. The lowest BCUT2D eigenvalue weighted by Gasteiger charge is -2.25. The Bertz CT molecular complexity index is 717. The molecule has 0 unspecified atom stereocenters. The van der Waals surface area contributed by atoms with Gasteiger partial charge in [0.1, 0.15) is 11.5 Å². The molecule has 2 amide bonds. The van der Waals surface area contributed by atoms with Gasteiger partial charge in [0.15, 0.2) is 0 Å². The Morgan fingerprint density at radius 3 is 2.48 bits per heavy atom. The van der Waals surface area contributed by atoms with Gasteiger partial charge in [-0.05, 0) is 56.3 Å². The van der Waals surface area contributed by atoms with Crippen molar-refractivity contribution in [2.45, 2.75) is 18.9 Å². The topological polar surface area (TPSA) is 73.8 Å². The predicted molar refractivity (Wildman–Crippen MR) is 107 cm³/mol. The van der Waals surface area contributed by atoms with Crippen molar-refractivity contribution in [3.8, 4) is 11.5 Å². The number of ether oxygens (including phenoxy) is 1. The lowest BCUT2D eigenvalue weighted by molar-refractivity contribution is 0.232. The van der Waals surface area contributed by atoms with E-state index in [9.17, 15) is 9.90 Å². The Morgan fingerprint density at radius 2 is 1.81 bits per heavy atom. The molecule has 0 fully saturated rings. The van der Waals surface area contributed by atoms with Gasteiger partial charge in [0.25, 0.3) is 0 Å². The van der Waals surface area contributed by atoms with Gasteiger partial charge in [0, 0.05) is 19.1 Å². The van der Waals surface area contributed by atoms with Gasteiger partial charge in [0.2, 0.25) is 0 Å². The molecule has 0 aliphatic heterocycles. The molecule has 0 aliphatic carbocycles. The van der Waals surface area contributed by atoms with Crippen LogP contribution in [0.2, 0.25) is 0 Å². The van der Waals surface area contributed by atoms with E-state index in [0.717, 1.165) is 23.3 Å². The summed E-state index contributed by atoms with van der Waals surface area (Å²) >= 11 is 0. The lowest BCUT2D eigenvalue weighted by Crippen LogP contribution is -2.45. The number of nitrogens with one attached hydrogen (secondary N) is 2. The molecule has 3 N–H and O–H groups in total. The van der Waals surface area contributed by atoms with Crippen molar-refractivity contribution in [3.63, 3.8) is 0 Å². The summed E-state index contributed by atoms with van der Waals surface area (Å²) in [6.07, 6.45) is 1.50. The van der Waals surface area contributed by atoms with Crippen LogP contribution < -0.4 is 15.4 Å². The monoisotopic (exact) mass is 371 g/mol. The van der Waals surface area contributed by atoms with Gasteiger partial charge in [0.05, 0.1) is 7.11 Å². The molecule has 2 aromatic rings. The molecule has 6 heteroatoms. The SMILES string of the molecule is COc1ccccc1CCNC(=O)NC[C@H](Cc1ccc(O)cc1)N(C)C. The fourth-order valence-electron chi connectivity index (χ4n) is 2.83. The van der Waals surface area contributed by atoms with Crippen LogP contribution in [0.5, 0.6) is 11.5 Å². The first-order valence-corrected chi connectivity index (χ1v) is 9.07. The summed E-state index contributed by atoms with van der Waals surface area (Å²) in [5.41, 5.74) is 2.18. The zero-order chi connectivity index (χ0) is 19.6. The van der Waals surface area contributed by atoms with Crippen LogP contribution in [-0.4, -0.2) is 56.4 Å². The van der Waals surface area contributed by atoms with Crippen LogP contribution >= 0.6 is 0 Å². The zero-order valence-corrected chi connectivity index (χ0v) is 16.2. The summed E-state index contributed by atoms with van der Waals surface area (Å²) in [4.78, 5) is 14.2. The molecule has 2 rings (SSSR count). The average Bonchev–Trinajstić information content (AvgIpc) is 2.66. The minimum Gasteiger partial charge on any atom is -0.508 e. The van der Waals surface area contributed by atoms with Crippen LogP contribution in [0.4, 0.5) is 4.79 Å². The first kappa shape index (κ1) is 20.6. The van der Waals surface area contributed by atoms with Crippen LogP contribution in [0.1, 0.15) is 11.1 Å². The van der Waals surface area contributed by atoms with E-state index in [2.05, 4.69) is 15.5 Å². The second-order valence-electron chi connectivity index (χ2n) is 6.69. The number of nitrogens with zero attached hydrogens (tertiary/aromatic N) is 1. The van der Waals surface area contributed by atoms with E-state index in [0.29, 0.717) is 19.5 Å². The summed E-state index contributed by atoms with van der Waals surface area (Å²) in [6, 6.07) is 15.0. The van der Waals surface area contributed by atoms with Gasteiger partial charge in [-0.3, -0.25) is 0 Å². The maximum Gasteiger partial charge on any atom is 0.314 e. The van der Waals surface area contributed by atoms with Crippen molar-refractivity contribution in [2.75, 3.05) is 34.3 Å². The second kappa shape index (κ2) is 10.4. The van der Waals surface area contributed by atoms with E-state index in [-0.39, 0.29) is 17.8 Å². The molecule has 0 radical (unpaired) electrons. The van der Waals surface area contributed by atoms with Crippen LogP contribution in [0, 0.1) is 0 Å². The number of methoxy groups -OCH3 is 1. The summed E-state index contributed by atoms with van der Waals surface area (Å²) < 4.78 is 5.32. The highest BCUT2D eigenvalue weighted by Gasteiger charge is 2.14. The molecule has 2 aromatic carbocycles. The lowest BCUT2D eigenvalue weighted by atomic mass is 10.1. The molecule has 0 heterocycles. The highest BCUT2D eigenvalue weighted by molar-refractivity contribution is 5.73. The fraction of sp³-hybridized carbons (Fsp3) is 0.381. The third-order valence-electron chi connectivity index (χ3n) is 4.51. The van der Waals surface area contributed by atoms with E-state index < -0.39 is 0 Å². The third kappa shape index (κ3) is 6.83. The number of carbonyl (C=O) groups is 1. The molecule has 0 aromatic heterocycles. The molecular formula is C21H29N3O3. The number of phenolic OH excluding ortho intramolecular Hbond substituents is 1. The van der Waals surface area contributed by atoms with E-state index in [1.54, 1.807) is 19.2 Å². The number of aromatic hydroxyl groups is 1. The standard InChI is InChI=1S/C21H29N3O3/c1-24(2)18(14-16-8-10-19(25)11-9-16)15-23-21(26)22-13-12-17-6-4-5-7-20(17)27-3/h4-11,18,25H,12-15H2,1-3H3,(H2,22,23,26)/t18-/m0/s1. The van der Waals surface area contributed by atoms with Gasteiger partial charge < -0.3 is 25.4 Å². The summed E-state index contributed by atoms with van der Waals surface area (Å²) in [6.45, 7) is 1.07. The molecule has 0 saturated heterocycles. The normalized spacial score (nSPS) is 11.9. The molecular weight excluding hydrogens is 342 g/mol. The van der Waals surface area contributed by atoms with Crippen LogP contribution in [0.3, 0.4) is 0 Å². The molecule has 0 bridgehead atoms. The minimum atomic E-state index is -0.178. The maximum absolute atomic E-state index is 12.1. The molecule has 0 spiro atoms. The molecule has 0 aliphatic rings. The molecule has 6 nitrogen and oxygen atoms in total. The largest absolute Gasteiger partial charge is 0.508 e. The quantitative estimate of drug-likeness (QED) is 0.633. The highest BCUT2D eigenvalue weighted by Crippen LogP contribution is 2.17. The summed E-state index contributed by atoms with van der Waals surface area (Å²) in [5.74, 6) is 1.09. The Balaban J connectivity index is 1.77. The van der Waals surface area contributed by atoms with Gasteiger partial charge >= 0.3 is 6.03 Å². The van der Waals surface area contributed by atoms with E-state index in [4.69, 9.17) is 4.74 Å². The first-order valence-electron chi connectivity index (χ1n) is 9.07. The number of amides is 2. The summed E-state index contributed by atoms with van der Waals surface area (Å²) in [5, 5.41) is 15.2. The molecule has 146 valence electrons. The number of hydrogen-bond donors (Lipinski definition) is 3. The maximum atomic E-state index is 12.1. The number of para-hydroxylation sites is 1. The minimum absolute atomic E-state index is 0.162. The Labute approximate surface area is 161 Å². The Morgan fingerprint density at radius 1 is 1.11 bits per heavy atom. The number of carbonyl (C=O) groups excluding carboxylic acids is 1. The van der Waals surface area contributed by atoms with Crippen LogP contribution in [0.25, 0.3) is 0 Å². The Hall–Kier alpha value is -2.73. The number of rotatable bonds is 9. The summed E-state index contributed by atoms with van der Waals surface area (Å²) in [7, 11) is 5.63. The van der Waals surface area contributed by atoms with Crippen molar-refractivity contribution in [1.29, 1.82) is 0 Å². The van der Waals surface area contributed by atoms with Crippen molar-refractivity contribution in [3.05, 3.63) is 59.7 Å². The van der Waals surface area contributed by atoms with Crippen molar-refractivity contribution in [2.24, 2.45) is 0 Å². The number of hydrogen-bond acceptors (Lipinski definition) is 4. The smallest absolute Gasteiger partial charge is 0.314 e. The number of benzene rings is 2. The van der Waals surface area contributed by atoms with Gasteiger partial charge in [-0.2, -0.15) is 0 Å². The molecule has 27 heavy (non-hydrogen) atoms. The zero-order valence-electron chi connectivity index (χ0n) is 16.2. The predicted octanol–water partition coefficient (Wildman–Crippen LogP) is 2.42. The van der Waals surface area contributed by atoms with E-state index in [1.165, 1.54) is 0 Å². The molecule has 0 saturated carbocycles. The fourth-order valence-corrected chi connectivity index (χ4v) is 2.83. The van der Waals surface area contributed by atoms with Gasteiger partial charge in [-0.1, -0.05) is 30.3 Å². The number of phenols is 1. The van der Waals surface area contributed by atoms with Crippen molar-refractivity contribution in [1.82, 2.24) is 15.5 Å². The molecule has 1 atom stereocenters. The van der Waals surface area contributed by atoms with Crippen LogP contribution in [0.15, 0.2) is 48.5 Å².